The molecule has 0 amide bonds. The van der Waals surface area contributed by atoms with Gasteiger partial charge >= 0.3 is 15.6 Å². The largest absolute Gasteiger partial charge is 0.596 e. The summed E-state index contributed by atoms with van der Waals surface area (Å²) >= 11 is 0. The van der Waals surface area contributed by atoms with Gasteiger partial charge in [-0.3, -0.25) is 0 Å². The molecule has 4 N–H and O–H groups in total. The van der Waals surface area contributed by atoms with Crippen molar-refractivity contribution in [1.29, 1.82) is 0 Å². The fraction of sp³-hybridized carbons (Fsp3) is 0.143. The molecular weight excluding hydrogens is 374 g/mol. The fourth-order valence-electron chi connectivity index (χ4n) is 1.40. The molecule has 2 rings (SSSR count). The third kappa shape index (κ3) is 9.38. The highest BCUT2D eigenvalue weighted by Crippen LogP contribution is 2.60. The molecule has 0 saturated heterocycles. The second-order valence-electron chi connectivity index (χ2n) is 4.28. The Labute approximate surface area is 144 Å². The first-order valence-electron chi connectivity index (χ1n) is 6.86. The van der Waals surface area contributed by atoms with E-state index in [-0.39, 0.29) is 24.7 Å². The van der Waals surface area contributed by atoms with Crippen LogP contribution in [0.15, 0.2) is 60.7 Å². The smallest absolute Gasteiger partial charge is 0.395 e. The molecular formula is C14H18O9P2. The summed E-state index contributed by atoms with van der Waals surface area (Å²) in [6.45, 7) is -0.250. The SMILES string of the molecule is O=P(O)(O)OP(=O)(Oc1ccccc1)Oc1ccccc1.OCCO. The van der Waals surface area contributed by atoms with Gasteiger partial charge in [-0.15, -0.1) is 0 Å². The van der Waals surface area contributed by atoms with Crippen LogP contribution >= 0.6 is 15.6 Å². The zero-order chi connectivity index (χ0) is 18.8. The van der Waals surface area contributed by atoms with Crippen molar-refractivity contribution >= 4 is 15.6 Å². The minimum atomic E-state index is -5.07. The molecule has 0 unspecified atom stereocenters. The summed E-state index contributed by atoms with van der Waals surface area (Å²) in [6.07, 6.45) is 0. The maximum Gasteiger partial charge on any atom is 0.596 e. The molecule has 0 aliphatic carbocycles. The first kappa shape index (κ1) is 21.3. The lowest BCUT2D eigenvalue weighted by atomic mass is 10.3. The second-order valence-corrected chi connectivity index (χ2v) is 7.17. The van der Waals surface area contributed by atoms with Crippen molar-refractivity contribution in [3.05, 3.63) is 60.7 Å². The summed E-state index contributed by atoms with van der Waals surface area (Å²) in [6, 6.07) is 15.6. The average Bonchev–Trinajstić information content (AvgIpc) is 2.54. The van der Waals surface area contributed by atoms with E-state index in [9.17, 15) is 9.13 Å². The van der Waals surface area contributed by atoms with Crippen LogP contribution in [0.3, 0.4) is 0 Å². The average molecular weight is 392 g/mol. The molecule has 0 saturated carbocycles. The number of benzene rings is 2. The van der Waals surface area contributed by atoms with Crippen LogP contribution in [-0.4, -0.2) is 33.2 Å². The van der Waals surface area contributed by atoms with Gasteiger partial charge < -0.3 is 29.0 Å². The van der Waals surface area contributed by atoms with Crippen molar-refractivity contribution in [2.45, 2.75) is 0 Å². The minimum absolute atomic E-state index is 0.0882. The Hall–Kier alpha value is -1.70. The van der Waals surface area contributed by atoms with Crippen molar-refractivity contribution in [2.75, 3.05) is 13.2 Å². The number of aliphatic hydroxyl groups is 2. The van der Waals surface area contributed by atoms with Crippen LogP contribution in [0.25, 0.3) is 0 Å². The maximum atomic E-state index is 12.4. The summed E-state index contributed by atoms with van der Waals surface area (Å²) in [7, 11) is -9.62. The Kier molecular flexibility index (Phi) is 8.82. The standard InChI is InChI=1S/C12H12O7P2.C2H6O2/c13-20(14,15)19-21(16,17-11-7-3-1-4-8-11)18-12-9-5-2-6-10-12;3-1-2-4/h1-10H,(H2,13,14,15);3-4H,1-2H2. The first-order valence-corrected chi connectivity index (χ1v) is 9.85. The van der Waals surface area contributed by atoms with Gasteiger partial charge in [0.15, 0.2) is 0 Å². The van der Waals surface area contributed by atoms with E-state index < -0.39 is 15.6 Å². The Balaban J connectivity index is 0.000000705. The van der Waals surface area contributed by atoms with Gasteiger partial charge in [0.2, 0.25) is 0 Å². The van der Waals surface area contributed by atoms with Gasteiger partial charge in [0.1, 0.15) is 11.5 Å². The molecule has 2 aromatic carbocycles. The lowest BCUT2D eigenvalue weighted by Gasteiger charge is -2.18. The third-order valence-corrected chi connectivity index (χ3v) is 4.75. The van der Waals surface area contributed by atoms with Crippen LogP contribution in [0.4, 0.5) is 0 Å². The topological polar surface area (TPSA) is 143 Å². The van der Waals surface area contributed by atoms with Gasteiger partial charge in [-0.1, -0.05) is 36.4 Å². The van der Waals surface area contributed by atoms with Gasteiger partial charge in [-0.25, -0.2) is 9.13 Å². The van der Waals surface area contributed by atoms with Gasteiger partial charge in [-0.2, -0.15) is 4.31 Å². The molecule has 0 fully saturated rings. The van der Waals surface area contributed by atoms with Gasteiger partial charge in [0, 0.05) is 0 Å². The summed E-state index contributed by atoms with van der Waals surface area (Å²) in [4.78, 5) is 17.7. The molecule has 0 spiro atoms. The van der Waals surface area contributed by atoms with E-state index >= 15 is 0 Å². The number of hydrogen-bond donors (Lipinski definition) is 4. The zero-order valence-electron chi connectivity index (χ0n) is 12.9. The summed E-state index contributed by atoms with van der Waals surface area (Å²) in [5.74, 6) is 0.176. The number of hydrogen-bond acceptors (Lipinski definition) is 7. The fourth-order valence-corrected chi connectivity index (χ4v) is 3.51. The predicted molar refractivity (Wildman–Crippen MR) is 89.0 cm³/mol. The van der Waals surface area contributed by atoms with Crippen molar-refractivity contribution in [2.24, 2.45) is 0 Å². The zero-order valence-corrected chi connectivity index (χ0v) is 14.7. The molecule has 0 radical (unpaired) electrons. The first-order chi connectivity index (χ1) is 11.8. The van der Waals surface area contributed by atoms with E-state index in [2.05, 4.69) is 4.31 Å². The number of rotatable bonds is 7. The van der Waals surface area contributed by atoms with Crippen molar-refractivity contribution in [3.63, 3.8) is 0 Å². The normalized spacial score (nSPS) is 11.2. The molecule has 0 bridgehead atoms. The van der Waals surface area contributed by atoms with Crippen molar-refractivity contribution in [1.82, 2.24) is 0 Å². The van der Waals surface area contributed by atoms with E-state index in [0.29, 0.717) is 0 Å². The Morgan fingerprint density at radius 2 is 1.08 bits per heavy atom. The van der Waals surface area contributed by atoms with Crippen LogP contribution < -0.4 is 9.05 Å². The summed E-state index contributed by atoms with van der Waals surface area (Å²) in [5.41, 5.74) is 0. The van der Waals surface area contributed by atoms with E-state index in [0.717, 1.165) is 0 Å². The Morgan fingerprint density at radius 3 is 1.36 bits per heavy atom. The minimum Gasteiger partial charge on any atom is -0.395 e. The molecule has 0 aromatic heterocycles. The van der Waals surface area contributed by atoms with Crippen LogP contribution in [0, 0.1) is 0 Å². The predicted octanol–water partition coefficient (Wildman–Crippen LogP) is 2.33. The summed E-state index contributed by atoms with van der Waals surface area (Å²) in [5, 5.41) is 15.2. The molecule has 9 nitrogen and oxygen atoms in total. The maximum absolute atomic E-state index is 12.4. The lowest BCUT2D eigenvalue weighted by Crippen LogP contribution is -2.03. The lowest BCUT2D eigenvalue weighted by molar-refractivity contribution is 0.186. The van der Waals surface area contributed by atoms with E-state index in [1.165, 1.54) is 24.3 Å². The Bertz CT molecular complexity index is 655. The molecule has 0 atom stereocenters. The number of phosphoric acid groups is 2. The van der Waals surface area contributed by atoms with Crippen LogP contribution in [0.1, 0.15) is 0 Å². The van der Waals surface area contributed by atoms with E-state index in [1.54, 1.807) is 36.4 Å². The molecule has 2 aromatic rings. The highest BCUT2D eigenvalue weighted by molar-refractivity contribution is 7.61. The molecule has 0 aliphatic heterocycles. The quantitative estimate of drug-likeness (QED) is 0.522. The second kappa shape index (κ2) is 10.3. The van der Waals surface area contributed by atoms with Gasteiger partial charge in [0.05, 0.1) is 13.2 Å². The van der Waals surface area contributed by atoms with Crippen LogP contribution in [-0.2, 0) is 13.4 Å². The van der Waals surface area contributed by atoms with Crippen LogP contribution in [0.5, 0.6) is 11.5 Å². The van der Waals surface area contributed by atoms with Gasteiger partial charge in [-0.05, 0) is 24.3 Å². The highest BCUT2D eigenvalue weighted by Gasteiger charge is 2.39. The van der Waals surface area contributed by atoms with Crippen molar-refractivity contribution in [3.8, 4) is 11.5 Å². The highest BCUT2D eigenvalue weighted by atomic mass is 31.3. The number of phosphoric ester groups is 1. The summed E-state index contributed by atoms with van der Waals surface area (Å²) < 4.78 is 37.6. The molecule has 0 heterocycles. The molecule has 11 heteroatoms. The molecule has 138 valence electrons. The third-order valence-electron chi connectivity index (χ3n) is 2.23. The molecule has 0 aliphatic rings. The monoisotopic (exact) mass is 392 g/mol. The van der Waals surface area contributed by atoms with Crippen LogP contribution in [0.2, 0.25) is 0 Å². The van der Waals surface area contributed by atoms with Crippen molar-refractivity contribution < 1.29 is 42.5 Å². The molecule has 25 heavy (non-hydrogen) atoms. The van der Waals surface area contributed by atoms with Gasteiger partial charge in [0.25, 0.3) is 0 Å². The number of aliphatic hydroxyl groups excluding tert-OH is 2. The number of para-hydroxylation sites is 2. The Morgan fingerprint density at radius 1 is 0.720 bits per heavy atom. The van der Waals surface area contributed by atoms with E-state index in [4.69, 9.17) is 29.0 Å². The van der Waals surface area contributed by atoms with E-state index in [1.807, 2.05) is 0 Å².